The minimum absolute atomic E-state index is 0.156. The molecule has 2 rings (SSSR count). The van der Waals surface area contributed by atoms with E-state index in [1.165, 1.54) is 0 Å². The van der Waals surface area contributed by atoms with Crippen molar-refractivity contribution in [1.29, 1.82) is 0 Å². The summed E-state index contributed by atoms with van der Waals surface area (Å²) in [4.78, 5) is 3.94. The van der Waals surface area contributed by atoms with Crippen LogP contribution in [0.5, 0.6) is 0 Å². The maximum absolute atomic E-state index is 12.8. The first kappa shape index (κ1) is 15.6. The summed E-state index contributed by atoms with van der Waals surface area (Å²) in [6.45, 7) is 1.80. The molecule has 0 fully saturated rings. The molecule has 0 saturated heterocycles. The minimum Gasteiger partial charge on any atom is -0.375 e. The van der Waals surface area contributed by atoms with E-state index in [-0.39, 0.29) is 5.15 Å². The number of nitrogens with one attached hydrogen (secondary N) is 1. The van der Waals surface area contributed by atoms with E-state index in [4.69, 9.17) is 11.6 Å². The second-order valence-corrected chi connectivity index (χ2v) is 5.14. The summed E-state index contributed by atoms with van der Waals surface area (Å²) in [6, 6.07) is 9.25. The number of pyridine rings is 1. The van der Waals surface area contributed by atoms with Crippen LogP contribution in [0.1, 0.15) is 23.6 Å². The topological polar surface area (TPSA) is 24.9 Å². The van der Waals surface area contributed by atoms with E-state index in [0.717, 1.165) is 5.56 Å². The third-order valence-corrected chi connectivity index (χ3v) is 3.24. The molecule has 2 aromatic rings. The lowest BCUT2D eigenvalue weighted by Crippen LogP contribution is -2.20. The lowest BCUT2D eigenvalue weighted by molar-refractivity contribution is -0.137. The van der Waals surface area contributed by atoms with E-state index in [9.17, 15) is 13.2 Å². The molecule has 0 saturated carbocycles. The van der Waals surface area contributed by atoms with Gasteiger partial charge in [-0.2, -0.15) is 13.2 Å². The Morgan fingerprint density at radius 1 is 1.24 bits per heavy atom. The molecule has 0 bridgehead atoms. The highest BCUT2D eigenvalue weighted by Crippen LogP contribution is 2.33. The Morgan fingerprint density at radius 3 is 2.52 bits per heavy atom. The first-order chi connectivity index (χ1) is 9.85. The van der Waals surface area contributed by atoms with Crippen LogP contribution in [-0.2, 0) is 0 Å². The normalized spacial score (nSPS) is 13.0. The van der Waals surface area contributed by atoms with Crippen molar-refractivity contribution in [2.75, 3.05) is 5.32 Å². The second kappa shape index (κ2) is 6.35. The highest BCUT2D eigenvalue weighted by atomic mass is 35.5. The van der Waals surface area contributed by atoms with Gasteiger partial charge in [-0.15, -0.1) is 0 Å². The maximum atomic E-state index is 12.8. The summed E-state index contributed by atoms with van der Waals surface area (Å²) in [5, 5.41) is 3.00. The van der Waals surface area contributed by atoms with Crippen molar-refractivity contribution in [3.8, 4) is 0 Å². The van der Waals surface area contributed by atoms with Crippen LogP contribution in [0.3, 0.4) is 0 Å². The number of anilines is 1. The number of hydrogen-bond acceptors (Lipinski definition) is 2. The molecule has 1 aromatic heterocycles. The van der Waals surface area contributed by atoms with E-state index < -0.39 is 18.6 Å². The molecule has 0 spiro atoms. The number of rotatable bonds is 4. The van der Waals surface area contributed by atoms with Crippen molar-refractivity contribution in [2.24, 2.45) is 0 Å². The molecule has 1 atom stereocenters. The highest BCUT2D eigenvalue weighted by molar-refractivity contribution is 6.32. The van der Waals surface area contributed by atoms with Crippen molar-refractivity contribution in [3.63, 3.8) is 0 Å². The van der Waals surface area contributed by atoms with Gasteiger partial charge in [0, 0.05) is 6.20 Å². The fraction of sp³-hybridized carbons (Fsp3) is 0.267. The third kappa shape index (κ3) is 4.63. The van der Waals surface area contributed by atoms with Crippen LogP contribution in [0.25, 0.3) is 0 Å². The molecule has 0 amide bonds. The van der Waals surface area contributed by atoms with Gasteiger partial charge in [0.05, 0.1) is 18.2 Å². The Bertz CT molecular complexity index is 600. The van der Waals surface area contributed by atoms with Crippen molar-refractivity contribution in [2.45, 2.75) is 25.6 Å². The molecule has 0 radical (unpaired) electrons. The molecular formula is C15H14ClF3N2. The predicted molar refractivity (Wildman–Crippen MR) is 77.5 cm³/mol. The van der Waals surface area contributed by atoms with Crippen LogP contribution in [0.15, 0.2) is 42.6 Å². The Hall–Kier alpha value is -1.75. The molecule has 112 valence electrons. The van der Waals surface area contributed by atoms with Crippen LogP contribution in [-0.4, -0.2) is 11.2 Å². The zero-order valence-corrected chi connectivity index (χ0v) is 12.0. The minimum atomic E-state index is -4.28. The number of nitrogens with zero attached hydrogens (tertiary/aromatic N) is 1. The Labute approximate surface area is 126 Å². The molecule has 0 aliphatic carbocycles. The average molecular weight is 315 g/mol. The van der Waals surface area contributed by atoms with Crippen LogP contribution in [0.2, 0.25) is 5.15 Å². The summed E-state index contributed by atoms with van der Waals surface area (Å²) in [5.41, 5.74) is 1.77. The fourth-order valence-corrected chi connectivity index (χ4v) is 2.17. The summed E-state index contributed by atoms with van der Waals surface area (Å²) in [5.74, 6) is 0. The van der Waals surface area contributed by atoms with Crippen LogP contribution in [0.4, 0.5) is 18.9 Å². The zero-order chi connectivity index (χ0) is 15.5. The smallest absolute Gasteiger partial charge is 0.375 e. The predicted octanol–water partition coefficient (Wildman–Crippen LogP) is 5.15. The molecule has 0 aliphatic rings. The van der Waals surface area contributed by atoms with E-state index in [1.807, 2.05) is 0 Å². The SMILES string of the molecule is Cc1cnc(Cl)c(NC(CC(F)(F)F)c2ccccc2)c1. The van der Waals surface area contributed by atoms with Gasteiger partial charge in [-0.25, -0.2) is 4.98 Å². The van der Waals surface area contributed by atoms with Crippen LogP contribution >= 0.6 is 11.6 Å². The van der Waals surface area contributed by atoms with Gasteiger partial charge < -0.3 is 5.32 Å². The van der Waals surface area contributed by atoms with Gasteiger partial charge in [-0.3, -0.25) is 0 Å². The monoisotopic (exact) mass is 314 g/mol. The van der Waals surface area contributed by atoms with E-state index in [0.29, 0.717) is 11.3 Å². The van der Waals surface area contributed by atoms with E-state index >= 15 is 0 Å². The van der Waals surface area contributed by atoms with Gasteiger partial charge >= 0.3 is 6.18 Å². The molecule has 1 unspecified atom stereocenters. The van der Waals surface area contributed by atoms with Gasteiger partial charge in [0.2, 0.25) is 0 Å². The first-order valence-electron chi connectivity index (χ1n) is 6.35. The van der Waals surface area contributed by atoms with Crippen molar-refractivity contribution < 1.29 is 13.2 Å². The number of alkyl halides is 3. The standard InChI is InChI=1S/C15H14ClF3N2/c1-10-7-12(14(16)20-9-10)21-13(8-15(17,18)19)11-5-3-2-4-6-11/h2-7,9,13,21H,8H2,1H3. The lowest BCUT2D eigenvalue weighted by Gasteiger charge is -2.22. The van der Waals surface area contributed by atoms with Gasteiger partial charge in [0.1, 0.15) is 0 Å². The summed E-state index contributed by atoms with van der Waals surface area (Å²) >= 11 is 5.94. The zero-order valence-electron chi connectivity index (χ0n) is 11.3. The Balaban J connectivity index is 2.30. The lowest BCUT2D eigenvalue weighted by atomic mass is 10.0. The molecule has 0 aliphatic heterocycles. The van der Waals surface area contributed by atoms with Gasteiger partial charge in [0.15, 0.2) is 5.15 Å². The molecule has 1 aromatic carbocycles. The van der Waals surface area contributed by atoms with E-state index in [1.54, 1.807) is 49.5 Å². The fourth-order valence-electron chi connectivity index (χ4n) is 2.01. The van der Waals surface area contributed by atoms with Gasteiger partial charge in [0.25, 0.3) is 0 Å². The van der Waals surface area contributed by atoms with Crippen molar-refractivity contribution >= 4 is 17.3 Å². The van der Waals surface area contributed by atoms with Crippen LogP contribution in [0, 0.1) is 6.92 Å². The van der Waals surface area contributed by atoms with Gasteiger partial charge in [-0.1, -0.05) is 41.9 Å². The Kier molecular flexibility index (Phi) is 4.73. The third-order valence-electron chi connectivity index (χ3n) is 2.94. The molecule has 1 heterocycles. The number of halogens is 4. The number of hydrogen-bond donors (Lipinski definition) is 1. The number of aromatic nitrogens is 1. The first-order valence-corrected chi connectivity index (χ1v) is 6.73. The van der Waals surface area contributed by atoms with Crippen molar-refractivity contribution in [3.05, 3.63) is 58.9 Å². The van der Waals surface area contributed by atoms with Crippen LogP contribution < -0.4 is 5.32 Å². The second-order valence-electron chi connectivity index (χ2n) is 4.78. The number of aryl methyl sites for hydroxylation is 1. The molecule has 21 heavy (non-hydrogen) atoms. The largest absolute Gasteiger partial charge is 0.391 e. The summed E-state index contributed by atoms with van der Waals surface area (Å²) < 4.78 is 38.4. The Morgan fingerprint density at radius 2 is 1.90 bits per heavy atom. The summed E-state index contributed by atoms with van der Waals surface area (Å²) in [6.07, 6.45) is -3.70. The quantitative estimate of drug-likeness (QED) is 0.789. The highest BCUT2D eigenvalue weighted by Gasteiger charge is 2.33. The van der Waals surface area contributed by atoms with Gasteiger partial charge in [-0.05, 0) is 24.1 Å². The molecule has 2 nitrogen and oxygen atoms in total. The molecular weight excluding hydrogens is 301 g/mol. The molecule has 6 heteroatoms. The average Bonchev–Trinajstić information content (AvgIpc) is 2.42. The van der Waals surface area contributed by atoms with E-state index in [2.05, 4.69) is 10.3 Å². The maximum Gasteiger partial charge on any atom is 0.391 e. The molecule has 1 N–H and O–H groups in total. The summed E-state index contributed by atoms with van der Waals surface area (Å²) in [7, 11) is 0. The van der Waals surface area contributed by atoms with Crippen molar-refractivity contribution in [1.82, 2.24) is 4.98 Å². The number of benzene rings is 1.